The number of phenols is 1. The first-order valence-corrected chi connectivity index (χ1v) is 8.54. The predicted molar refractivity (Wildman–Crippen MR) is 102 cm³/mol. The average molecular weight is 384 g/mol. The summed E-state index contributed by atoms with van der Waals surface area (Å²) in [5, 5.41) is 12.8. The second-order valence-electron chi connectivity index (χ2n) is 6.69. The number of fused-ring (bicyclic) bond motifs is 1. The minimum absolute atomic E-state index is 0.114. The summed E-state index contributed by atoms with van der Waals surface area (Å²) in [4.78, 5) is 38.9. The predicted octanol–water partition coefficient (Wildman–Crippen LogP) is 2.32. The highest BCUT2D eigenvalue weighted by molar-refractivity contribution is 6.14. The van der Waals surface area contributed by atoms with Crippen molar-refractivity contribution in [2.45, 2.75) is 19.4 Å². The maximum absolute atomic E-state index is 12.8. The first-order chi connectivity index (χ1) is 13.3. The van der Waals surface area contributed by atoms with Crippen LogP contribution in [0.2, 0.25) is 0 Å². The van der Waals surface area contributed by atoms with Crippen LogP contribution in [-0.2, 0) is 14.3 Å². The zero-order valence-corrected chi connectivity index (χ0v) is 15.7. The molecule has 0 unspecified atom stereocenters. The Labute approximate surface area is 161 Å². The van der Waals surface area contributed by atoms with E-state index in [4.69, 9.17) is 9.47 Å². The van der Waals surface area contributed by atoms with Crippen LogP contribution in [0.4, 0.5) is 11.4 Å². The molecule has 0 fully saturated rings. The van der Waals surface area contributed by atoms with Crippen LogP contribution in [0.5, 0.6) is 11.5 Å². The Bertz CT molecular complexity index is 953. The molecule has 8 nitrogen and oxygen atoms in total. The van der Waals surface area contributed by atoms with Crippen molar-refractivity contribution in [1.82, 2.24) is 0 Å². The van der Waals surface area contributed by atoms with Crippen LogP contribution < -0.4 is 15.0 Å². The number of hydrogen-bond acceptors (Lipinski definition) is 6. The lowest BCUT2D eigenvalue weighted by molar-refractivity contribution is -0.128. The van der Waals surface area contributed by atoms with E-state index < -0.39 is 24.0 Å². The SMILES string of the molecule is COc1cccc(C(=O)OCC(=O)N2c3ccccc3NC(=O)C2(C)C)c1O. The van der Waals surface area contributed by atoms with Gasteiger partial charge in [0.25, 0.3) is 5.91 Å². The largest absolute Gasteiger partial charge is 0.504 e. The van der Waals surface area contributed by atoms with Gasteiger partial charge in [-0.05, 0) is 38.1 Å². The number of phenolic OH excluding ortho intramolecular Hbond substituents is 1. The fourth-order valence-corrected chi connectivity index (χ4v) is 3.02. The lowest BCUT2D eigenvalue weighted by atomic mass is 9.96. The van der Waals surface area contributed by atoms with Gasteiger partial charge in [0.05, 0.1) is 18.5 Å². The van der Waals surface area contributed by atoms with Gasteiger partial charge in [-0.2, -0.15) is 0 Å². The Morgan fingerprint density at radius 1 is 1.14 bits per heavy atom. The van der Waals surface area contributed by atoms with Crippen LogP contribution in [0.3, 0.4) is 0 Å². The van der Waals surface area contributed by atoms with Gasteiger partial charge in [0.2, 0.25) is 5.91 Å². The number of aromatic hydroxyl groups is 1. The molecule has 0 aliphatic carbocycles. The zero-order valence-electron chi connectivity index (χ0n) is 15.7. The summed E-state index contributed by atoms with van der Waals surface area (Å²) in [5.74, 6) is -2.05. The van der Waals surface area contributed by atoms with E-state index in [2.05, 4.69) is 5.32 Å². The van der Waals surface area contributed by atoms with Gasteiger partial charge in [-0.25, -0.2) is 4.79 Å². The fraction of sp³-hybridized carbons (Fsp3) is 0.250. The topological polar surface area (TPSA) is 105 Å². The van der Waals surface area contributed by atoms with E-state index in [-0.39, 0.29) is 23.0 Å². The van der Waals surface area contributed by atoms with Crippen molar-refractivity contribution in [2.24, 2.45) is 0 Å². The molecule has 2 N–H and O–H groups in total. The molecule has 0 aromatic heterocycles. The number of esters is 1. The van der Waals surface area contributed by atoms with Crippen molar-refractivity contribution in [1.29, 1.82) is 0 Å². The molecular formula is C20H20N2O6. The van der Waals surface area contributed by atoms with Crippen LogP contribution >= 0.6 is 0 Å². The number of hydrogen-bond donors (Lipinski definition) is 2. The van der Waals surface area contributed by atoms with Crippen molar-refractivity contribution in [3.63, 3.8) is 0 Å². The Kier molecular flexibility index (Phi) is 4.96. The Balaban J connectivity index is 1.81. The Hall–Kier alpha value is -3.55. The summed E-state index contributed by atoms with van der Waals surface area (Å²) < 4.78 is 10.0. The molecule has 146 valence electrons. The quantitative estimate of drug-likeness (QED) is 0.784. The molecule has 28 heavy (non-hydrogen) atoms. The number of carbonyl (C=O) groups is 3. The zero-order chi connectivity index (χ0) is 20.5. The van der Waals surface area contributed by atoms with Crippen LogP contribution in [0.1, 0.15) is 24.2 Å². The molecule has 1 aliphatic rings. The summed E-state index contributed by atoms with van der Waals surface area (Å²) in [6.07, 6.45) is 0. The molecule has 0 spiro atoms. The molecule has 2 aromatic rings. The summed E-state index contributed by atoms with van der Waals surface area (Å²) in [7, 11) is 1.36. The number of amides is 2. The standard InChI is InChI=1S/C20H20N2O6/c1-20(2)19(26)21-13-8-4-5-9-14(13)22(20)16(23)11-28-18(25)12-7-6-10-15(27-3)17(12)24/h4-10,24H,11H2,1-3H3,(H,21,26). The molecule has 0 saturated heterocycles. The van der Waals surface area contributed by atoms with Crippen molar-refractivity contribution in [2.75, 3.05) is 23.9 Å². The summed E-state index contributed by atoms with van der Waals surface area (Å²) in [6, 6.07) is 11.2. The summed E-state index contributed by atoms with van der Waals surface area (Å²) in [5.41, 5.74) is -0.284. The monoisotopic (exact) mass is 384 g/mol. The lowest BCUT2D eigenvalue weighted by Gasteiger charge is -2.41. The molecule has 0 saturated carbocycles. The van der Waals surface area contributed by atoms with E-state index in [0.29, 0.717) is 11.4 Å². The van der Waals surface area contributed by atoms with Crippen molar-refractivity contribution in [3.05, 3.63) is 48.0 Å². The molecular weight excluding hydrogens is 364 g/mol. The minimum Gasteiger partial charge on any atom is -0.504 e. The number of methoxy groups -OCH3 is 1. The van der Waals surface area contributed by atoms with Gasteiger partial charge < -0.3 is 19.9 Å². The van der Waals surface area contributed by atoms with Gasteiger partial charge in [0.15, 0.2) is 18.1 Å². The van der Waals surface area contributed by atoms with Crippen LogP contribution in [0, 0.1) is 0 Å². The van der Waals surface area contributed by atoms with Crippen molar-refractivity contribution >= 4 is 29.2 Å². The first-order valence-electron chi connectivity index (χ1n) is 8.54. The van der Waals surface area contributed by atoms with Crippen LogP contribution in [-0.4, -0.2) is 42.1 Å². The molecule has 8 heteroatoms. The normalized spacial score (nSPS) is 14.7. The van der Waals surface area contributed by atoms with Gasteiger partial charge in [-0.15, -0.1) is 0 Å². The lowest BCUT2D eigenvalue weighted by Crippen LogP contribution is -2.59. The van der Waals surface area contributed by atoms with Gasteiger partial charge in [0, 0.05) is 0 Å². The smallest absolute Gasteiger partial charge is 0.342 e. The maximum Gasteiger partial charge on any atom is 0.342 e. The van der Waals surface area contributed by atoms with Crippen LogP contribution in [0.15, 0.2) is 42.5 Å². The highest BCUT2D eigenvalue weighted by Crippen LogP contribution is 2.36. The van der Waals surface area contributed by atoms with E-state index in [1.807, 2.05) is 0 Å². The number of carbonyl (C=O) groups excluding carboxylic acids is 3. The highest BCUT2D eigenvalue weighted by atomic mass is 16.5. The second-order valence-corrected chi connectivity index (χ2v) is 6.69. The van der Waals surface area contributed by atoms with E-state index >= 15 is 0 Å². The Morgan fingerprint density at radius 3 is 2.57 bits per heavy atom. The summed E-state index contributed by atoms with van der Waals surface area (Å²) in [6.45, 7) is 2.61. The van der Waals surface area contributed by atoms with Gasteiger partial charge >= 0.3 is 5.97 Å². The molecule has 1 aliphatic heterocycles. The van der Waals surface area contributed by atoms with Crippen molar-refractivity contribution in [3.8, 4) is 11.5 Å². The average Bonchev–Trinajstić information content (AvgIpc) is 2.67. The number of nitrogens with zero attached hydrogens (tertiary/aromatic N) is 1. The second kappa shape index (κ2) is 7.22. The molecule has 2 amide bonds. The highest BCUT2D eigenvalue weighted by Gasteiger charge is 2.43. The number of anilines is 2. The third-order valence-electron chi connectivity index (χ3n) is 4.52. The van der Waals surface area contributed by atoms with Crippen LogP contribution in [0.25, 0.3) is 0 Å². The molecule has 1 heterocycles. The van der Waals surface area contributed by atoms with E-state index in [0.717, 1.165) is 0 Å². The van der Waals surface area contributed by atoms with Gasteiger partial charge in [-0.1, -0.05) is 18.2 Å². The number of benzene rings is 2. The molecule has 0 radical (unpaired) electrons. The van der Waals surface area contributed by atoms with Crippen molar-refractivity contribution < 1.29 is 29.0 Å². The minimum atomic E-state index is -1.17. The van der Waals surface area contributed by atoms with Gasteiger partial charge in [-0.3, -0.25) is 14.5 Å². The third-order valence-corrected chi connectivity index (χ3v) is 4.52. The first kappa shape index (κ1) is 19.2. The summed E-state index contributed by atoms with van der Waals surface area (Å²) >= 11 is 0. The van der Waals surface area contributed by atoms with E-state index in [1.54, 1.807) is 38.1 Å². The van der Waals surface area contributed by atoms with E-state index in [9.17, 15) is 19.5 Å². The molecule has 0 atom stereocenters. The Morgan fingerprint density at radius 2 is 1.86 bits per heavy atom. The molecule has 2 aromatic carbocycles. The number of rotatable bonds is 4. The van der Waals surface area contributed by atoms with Gasteiger partial charge in [0.1, 0.15) is 11.1 Å². The third kappa shape index (κ3) is 3.24. The fourth-order valence-electron chi connectivity index (χ4n) is 3.02. The van der Waals surface area contributed by atoms with E-state index in [1.165, 1.54) is 30.2 Å². The molecule has 0 bridgehead atoms. The number of ether oxygens (including phenoxy) is 2. The number of nitrogens with one attached hydrogen (secondary N) is 1. The maximum atomic E-state index is 12.8. The number of para-hydroxylation sites is 3. The molecule has 3 rings (SSSR count).